The van der Waals surface area contributed by atoms with Gasteiger partial charge in [-0.05, 0) is 31.2 Å². The van der Waals surface area contributed by atoms with Crippen molar-refractivity contribution in [2.24, 2.45) is 11.3 Å². The van der Waals surface area contributed by atoms with E-state index in [1.165, 1.54) is 11.1 Å². The van der Waals surface area contributed by atoms with Crippen molar-refractivity contribution in [2.75, 3.05) is 13.2 Å². The molecule has 0 radical (unpaired) electrons. The Balaban J connectivity index is 1.57. The van der Waals surface area contributed by atoms with Crippen LogP contribution in [0.3, 0.4) is 0 Å². The van der Waals surface area contributed by atoms with E-state index in [4.69, 9.17) is 14.2 Å². The normalized spacial score (nSPS) is 42.7. The minimum Gasteiger partial charge on any atom is -0.493 e. The highest BCUT2D eigenvalue weighted by Crippen LogP contribution is 2.57. The van der Waals surface area contributed by atoms with E-state index in [9.17, 15) is 20.4 Å². The van der Waals surface area contributed by atoms with E-state index in [2.05, 4.69) is 45.9 Å². The third-order valence-electron chi connectivity index (χ3n) is 7.73. The highest BCUT2D eigenvalue weighted by Gasteiger charge is 2.56. The second-order valence-corrected chi connectivity index (χ2v) is 9.96. The molecule has 1 aliphatic carbocycles. The number of rotatable bonds is 3. The Morgan fingerprint density at radius 2 is 1.83 bits per heavy atom. The van der Waals surface area contributed by atoms with Gasteiger partial charge in [-0.1, -0.05) is 38.5 Å². The average Bonchev–Trinajstić information content (AvgIpc) is 2.70. The van der Waals surface area contributed by atoms with E-state index < -0.39 is 37.3 Å². The van der Waals surface area contributed by atoms with Crippen LogP contribution in [-0.2, 0) is 14.9 Å². The molecule has 1 saturated carbocycles. The second-order valence-electron chi connectivity index (χ2n) is 9.96. The lowest BCUT2D eigenvalue weighted by atomic mass is 9.52. The quantitative estimate of drug-likeness (QED) is 0.581. The largest absolute Gasteiger partial charge is 0.493 e. The van der Waals surface area contributed by atoms with Gasteiger partial charge < -0.3 is 34.6 Å². The van der Waals surface area contributed by atoms with E-state index in [0.29, 0.717) is 6.61 Å². The minimum absolute atomic E-state index is 0.0572. The summed E-state index contributed by atoms with van der Waals surface area (Å²) in [4.78, 5) is 0. The van der Waals surface area contributed by atoms with Crippen molar-refractivity contribution in [2.45, 2.75) is 82.8 Å². The van der Waals surface area contributed by atoms with E-state index in [0.717, 1.165) is 18.6 Å². The molecule has 2 aliphatic heterocycles. The monoisotopic (exact) mass is 422 g/mol. The van der Waals surface area contributed by atoms with Gasteiger partial charge in [-0.25, -0.2) is 0 Å². The van der Waals surface area contributed by atoms with Gasteiger partial charge in [-0.2, -0.15) is 0 Å². The van der Waals surface area contributed by atoms with E-state index in [1.807, 2.05) is 0 Å². The molecule has 0 unspecified atom stereocenters. The lowest BCUT2D eigenvalue weighted by molar-refractivity contribution is -0.325. The summed E-state index contributed by atoms with van der Waals surface area (Å²) in [5.41, 5.74) is 2.08. The molecule has 1 aromatic carbocycles. The molecule has 7 heteroatoms. The molecule has 0 aromatic heterocycles. The zero-order valence-electron chi connectivity index (χ0n) is 18.1. The van der Waals surface area contributed by atoms with Crippen LogP contribution in [0.4, 0.5) is 0 Å². The van der Waals surface area contributed by atoms with Crippen LogP contribution in [0.5, 0.6) is 5.75 Å². The third kappa shape index (κ3) is 3.36. The second kappa shape index (κ2) is 7.73. The summed E-state index contributed by atoms with van der Waals surface area (Å²) in [7, 11) is 0. The van der Waals surface area contributed by atoms with Crippen LogP contribution < -0.4 is 4.74 Å². The smallest absolute Gasteiger partial charge is 0.186 e. The van der Waals surface area contributed by atoms with Crippen LogP contribution >= 0.6 is 0 Å². The van der Waals surface area contributed by atoms with Crippen LogP contribution in [0.1, 0.15) is 44.7 Å². The first-order valence-corrected chi connectivity index (χ1v) is 10.8. The molecule has 1 saturated heterocycles. The maximum atomic E-state index is 10.4. The molecular formula is C23H34O7. The third-order valence-corrected chi connectivity index (χ3v) is 7.73. The molecular weight excluding hydrogens is 388 g/mol. The Hall–Kier alpha value is -1.22. The van der Waals surface area contributed by atoms with Gasteiger partial charge in [0.25, 0.3) is 0 Å². The molecule has 168 valence electrons. The maximum Gasteiger partial charge on any atom is 0.186 e. The number of aliphatic hydroxyl groups excluding tert-OH is 4. The molecule has 4 rings (SSSR count). The Bertz CT molecular complexity index is 779. The first kappa shape index (κ1) is 22.0. The highest BCUT2D eigenvalue weighted by molar-refractivity contribution is 5.45. The molecule has 2 fully saturated rings. The maximum absolute atomic E-state index is 10.4. The van der Waals surface area contributed by atoms with E-state index in [-0.39, 0.29) is 22.9 Å². The molecule has 0 amide bonds. The van der Waals surface area contributed by atoms with Crippen molar-refractivity contribution in [3.63, 3.8) is 0 Å². The predicted molar refractivity (Wildman–Crippen MR) is 109 cm³/mol. The summed E-state index contributed by atoms with van der Waals surface area (Å²) < 4.78 is 17.9. The standard InChI is InChI=1S/C23H34O7/c1-12-5-6-14-13(9-12)23(4)8-7-17(22(2,3)16(23)11-28-14)30-21-20(27)19(26)18(25)15(10-24)29-21/h5-6,9,15-21,24-27H,7-8,10-11H2,1-4H3/t15-,16-,17+,18+,19+,20-,21+,23-/m1/s1. The van der Waals surface area contributed by atoms with Crippen LogP contribution in [-0.4, -0.2) is 70.4 Å². The Kier molecular flexibility index (Phi) is 5.66. The summed E-state index contributed by atoms with van der Waals surface area (Å²) in [5, 5.41) is 40.0. The van der Waals surface area contributed by atoms with Gasteiger partial charge in [0.05, 0.1) is 19.3 Å². The van der Waals surface area contributed by atoms with Crippen molar-refractivity contribution in [3.8, 4) is 5.75 Å². The fourth-order valence-corrected chi connectivity index (χ4v) is 5.72. The van der Waals surface area contributed by atoms with Crippen molar-refractivity contribution >= 4 is 0 Å². The van der Waals surface area contributed by atoms with Crippen LogP contribution in [0.2, 0.25) is 0 Å². The highest BCUT2D eigenvalue weighted by atomic mass is 16.7. The molecule has 8 atom stereocenters. The van der Waals surface area contributed by atoms with Gasteiger partial charge in [0, 0.05) is 16.9 Å². The average molecular weight is 423 g/mol. The van der Waals surface area contributed by atoms with Gasteiger partial charge in [0.15, 0.2) is 6.29 Å². The van der Waals surface area contributed by atoms with E-state index in [1.54, 1.807) is 0 Å². The molecule has 4 N–H and O–H groups in total. The molecule has 0 bridgehead atoms. The fourth-order valence-electron chi connectivity index (χ4n) is 5.72. The lowest BCUT2D eigenvalue weighted by Crippen LogP contribution is -2.62. The molecule has 30 heavy (non-hydrogen) atoms. The topological polar surface area (TPSA) is 109 Å². The molecule has 0 spiro atoms. The number of aliphatic hydroxyl groups is 4. The Morgan fingerprint density at radius 1 is 1.10 bits per heavy atom. The summed E-state index contributed by atoms with van der Waals surface area (Å²) in [6.45, 7) is 8.79. The van der Waals surface area contributed by atoms with Gasteiger partial charge >= 0.3 is 0 Å². The van der Waals surface area contributed by atoms with Gasteiger partial charge in [-0.3, -0.25) is 0 Å². The molecule has 1 aromatic rings. The number of hydrogen-bond donors (Lipinski definition) is 4. The first-order valence-electron chi connectivity index (χ1n) is 10.8. The zero-order chi connectivity index (χ0) is 21.8. The first-order chi connectivity index (χ1) is 14.1. The van der Waals surface area contributed by atoms with Crippen molar-refractivity contribution in [3.05, 3.63) is 29.3 Å². The number of aryl methyl sites for hydroxylation is 1. The molecule has 3 aliphatic rings. The predicted octanol–water partition coefficient (Wildman–Crippen LogP) is 1.27. The van der Waals surface area contributed by atoms with Crippen LogP contribution in [0.15, 0.2) is 18.2 Å². The SMILES string of the molecule is Cc1ccc2c(c1)[C@@]1(C)CC[C@H](O[C@@H]3O[C@H](CO)[C@H](O)[C@H](O)[C@H]3O)C(C)(C)[C@H]1CO2. The summed E-state index contributed by atoms with van der Waals surface area (Å²) in [6.07, 6.45) is -4.91. The summed E-state index contributed by atoms with van der Waals surface area (Å²) in [6, 6.07) is 6.34. The fraction of sp³-hybridized carbons (Fsp3) is 0.739. The van der Waals surface area contributed by atoms with Crippen LogP contribution in [0.25, 0.3) is 0 Å². The molecule has 7 nitrogen and oxygen atoms in total. The number of fused-ring (bicyclic) bond motifs is 3. The number of ether oxygens (including phenoxy) is 3. The minimum atomic E-state index is -1.44. The Morgan fingerprint density at radius 3 is 2.53 bits per heavy atom. The Labute approximate surface area is 177 Å². The van der Waals surface area contributed by atoms with Crippen LogP contribution in [0, 0.1) is 18.3 Å². The van der Waals surface area contributed by atoms with Crippen molar-refractivity contribution in [1.82, 2.24) is 0 Å². The zero-order valence-corrected chi connectivity index (χ0v) is 18.1. The number of hydrogen-bond acceptors (Lipinski definition) is 7. The van der Waals surface area contributed by atoms with Gasteiger partial charge in [-0.15, -0.1) is 0 Å². The van der Waals surface area contributed by atoms with Gasteiger partial charge in [0.2, 0.25) is 0 Å². The molecule has 2 heterocycles. The van der Waals surface area contributed by atoms with Crippen molar-refractivity contribution < 1.29 is 34.6 Å². The van der Waals surface area contributed by atoms with Gasteiger partial charge in [0.1, 0.15) is 30.2 Å². The van der Waals surface area contributed by atoms with Crippen molar-refractivity contribution in [1.29, 1.82) is 0 Å². The lowest BCUT2D eigenvalue weighted by Gasteiger charge is -2.57. The summed E-state index contributed by atoms with van der Waals surface area (Å²) >= 11 is 0. The summed E-state index contributed by atoms with van der Waals surface area (Å²) in [5.74, 6) is 1.13. The van der Waals surface area contributed by atoms with E-state index >= 15 is 0 Å². The number of benzene rings is 1.